The van der Waals surface area contributed by atoms with Crippen LogP contribution in [0.2, 0.25) is 0 Å². The molecule has 23 heavy (non-hydrogen) atoms. The zero-order valence-corrected chi connectivity index (χ0v) is 14.5. The molecule has 0 aromatic heterocycles. The largest absolute Gasteiger partial charge is 0.508 e. The highest BCUT2D eigenvalue weighted by Crippen LogP contribution is 2.38. The lowest BCUT2D eigenvalue weighted by molar-refractivity contribution is 0.254. The van der Waals surface area contributed by atoms with Crippen LogP contribution in [-0.2, 0) is 10.0 Å². The van der Waals surface area contributed by atoms with Crippen molar-refractivity contribution in [2.24, 2.45) is 0 Å². The van der Waals surface area contributed by atoms with Gasteiger partial charge < -0.3 is 5.11 Å². The molecule has 0 aliphatic carbocycles. The number of sulfonamides is 1. The number of halogens is 1. The third kappa shape index (κ3) is 2.47. The zero-order valence-electron chi connectivity index (χ0n) is 12.1. The lowest BCUT2D eigenvalue weighted by atomic mass is 10.2. The summed E-state index contributed by atoms with van der Waals surface area (Å²) in [5.74, 6) is -0.0951. The van der Waals surface area contributed by atoms with Gasteiger partial charge in [0.2, 0.25) is 0 Å². The Labute approximate surface area is 142 Å². The van der Waals surface area contributed by atoms with Gasteiger partial charge in [-0.15, -0.1) is 0 Å². The summed E-state index contributed by atoms with van der Waals surface area (Å²) < 4.78 is 27.3. The molecule has 3 rings (SSSR count). The van der Waals surface area contributed by atoms with Crippen LogP contribution in [0.15, 0.2) is 51.8 Å². The number of carbonyl (C=O) groups is 1. The molecule has 2 aromatic carbocycles. The van der Waals surface area contributed by atoms with Crippen molar-refractivity contribution >= 4 is 43.4 Å². The van der Waals surface area contributed by atoms with Crippen molar-refractivity contribution in [1.29, 1.82) is 0 Å². The van der Waals surface area contributed by atoms with Crippen LogP contribution >= 0.6 is 15.9 Å². The summed E-state index contributed by atoms with van der Waals surface area (Å²) in [5, 5.41) is 9.62. The number of anilines is 2. The second kappa shape index (κ2) is 5.54. The molecule has 2 amide bonds. The second-order valence-corrected chi connectivity index (χ2v) is 7.60. The van der Waals surface area contributed by atoms with Crippen molar-refractivity contribution < 1.29 is 18.3 Å². The van der Waals surface area contributed by atoms with Gasteiger partial charge in [-0.3, -0.25) is 4.90 Å². The van der Waals surface area contributed by atoms with E-state index < -0.39 is 16.1 Å². The van der Waals surface area contributed by atoms with Gasteiger partial charge in [0.25, 0.3) is 10.0 Å². The van der Waals surface area contributed by atoms with E-state index >= 15 is 0 Å². The Morgan fingerprint density at radius 2 is 1.78 bits per heavy atom. The number of carbonyl (C=O) groups excluding carboxylic acids is 1. The molecule has 0 saturated carbocycles. The first-order valence-electron chi connectivity index (χ1n) is 6.81. The van der Waals surface area contributed by atoms with Gasteiger partial charge in [0.05, 0.1) is 11.4 Å². The highest BCUT2D eigenvalue weighted by atomic mass is 79.9. The average Bonchev–Trinajstić information content (AvgIpc) is 2.49. The molecule has 0 fully saturated rings. The smallest absolute Gasteiger partial charge is 0.343 e. The number of hydrogen-bond donors (Lipinski definition) is 1. The number of nitrogens with zero attached hydrogens (tertiary/aromatic N) is 2. The molecule has 0 radical (unpaired) electrons. The van der Waals surface area contributed by atoms with Gasteiger partial charge in [-0.05, 0) is 43.3 Å². The SMILES string of the molecule is CCN1C(=O)N(c2ccc(Br)cc2)S(=O)(=O)c2ccc(O)cc21. The quantitative estimate of drug-likeness (QED) is 0.844. The predicted molar refractivity (Wildman–Crippen MR) is 90.3 cm³/mol. The maximum Gasteiger partial charge on any atom is 0.343 e. The van der Waals surface area contributed by atoms with Crippen molar-refractivity contribution in [3.8, 4) is 5.75 Å². The van der Waals surface area contributed by atoms with Crippen molar-refractivity contribution in [2.45, 2.75) is 11.8 Å². The first-order valence-corrected chi connectivity index (χ1v) is 9.05. The van der Waals surface area contributed by atoms with E-state index in [-0.39, 0.29) is 28.6 Å². The van der Waals surface area contributed by atoms with Crippen LogP contribution in [0, 0.1) is 0 Å². The Hall–Kier alpha value is -2.06. The predicted octanol–water partition coefficient (Wildman–Crippen LogP) is 3.31. The van der Waals surface area contributed by atoms with Crippen LogP contribution < -0.4 is 9.21 Å². The van der Waals surface area contributed by atoms with Crippen molar-refractivity contribution in [3.63, 3.8) is 0 Å². The van der Waals surface area contributed by atoms with E-state index in [9.17, 15) is 18.3 Å². The van der Waals surface area contributed by atoms with E-state index in [2.05, 4.69) is 15.9 Å². The summed E-state index contributed by atoms with van der Waals surface area (Å²) in [7, 11) is -4.04. The van der Waals surface area contributed by atoms with Crippen LogP contribution in [0.1, 0.15) is 6.92 Å². The number of amides is 2. The van der Waals surface area contributed by atoms with E-state index in [1.165, 1.54) is 23.1 Å². The van der Waals surface area contributed by atoms with E-state index in [0.29, 0.717) is 0 Å². The fourth-order valence-corrected chi connectivity index (χ4v) is 4.32. The maximum absolute atomic E-state index is 12.9. The van der Waals surface area contributed by atoms with Gasteiger partial charge in [-0.2, -0.15) is 4.31 Å². The minimum absolute atomic E-state index is 0.0142. The second-order valence-electron chi connectivity index (χ2n) is 4.92. The number of fused-ring (bicyclic) bond motifs is 1. The first kappa shape index (κ1) is 15.8. The maximum atomic E-state index is 12.9. The minimum Gasteiger partial charge on any atom is -0.508 e. The molecule has 6 nitrogen and oxygen atoms in total. The molecule has 1 aliphatic rings. The lowest BCUT2D eigenvalue weighted by Crippen LogP contribution is -2.51. The van der Waals surface area contributed by atoms with Gasteiger partial charge in [0.1, 0.15) is 10.6 Å². The number of phenols is 1. The normalized spacial score (nSPS) is 16.3. The third-order valence-corrected chi connectivity index (χ3v) is 5.81. The zero-order chi connectivity index (χ0) is 16.8. The number of rotatable bonds is 2. The first-order chi connectivity index (χ1) is 10.9. The lowest BCUT2D eigenvalue weighted by Gasteiger charge is -2.35. The van der Waals surface area contributed by atoms with Crippen LogP contribution in [-0.4, -0.2) is 26.1 Å². The Bertz CT molecular complexity index is 881. The fourth-order valence-electron chi connectivity index (χ4n) is 2.48. The molecule has 120 valence electrons. The van der Waals surface area contributed by atoms with Crippen LogP contribution in [0.25, 0.3) is 0 Å². The van der Waals surface area contributed by atoms with Crippen LogP contribution in [0.4, 0.5) is 16.2 Å². The number of aromatic hydroxyl groups is 1. The summed E-state index contributed by atoms with van der Waals surface area (Å²) in [4.78, 5) is 14.0. The minimum atomic E-state index is -4.04. The van der Waals surface area contributed by atoms with Gasteiger partial charge in [-0.25, -0.2) is 13.2 Å². The Morgan fingerprint density at radius 1 is 1.13 bits per heavy atom. The Kier molecular flexibility index (Phi) is 3.81. The number of phenolic OH excluding ortho intramolecular Hbond substituents is 1. The molecule has 1 heterocycles. The number of benzene rings is 2. The van der Waals surface area contributed by atoms with Crippen molar-refractivity contribution in [3.05, 3.63) is 46.9 Å². The highest BCUT2D eigenvalue weighted by molar-refractivity contribution is 9.10. The molecule has 2 aromatic rings. The summed E-state index contributed by atoms with van der Waals surface area (Å²) >= 11 is 3.28. The Balaban J connectivity index is 2.25. The van der Waals surface area contributed by atoms with E-state index in [4.69, 9.17) is 0 Å². The molecule has 8 heteroatoms. The van der Waals surface area contributed by atoms with Gasteiger partial charge in [0, 0.05) is 17.1 Å². The monoisotopic (exact) mass is 396 g/mol. The molecule has 1 aliphatic heterocycles. The standard InChI is InChI=1S/C15H13BrN2O4S/c1-2-17-13-9-12(19)7-8-14(13)23(21,22)18(15(17)20)11-5-3-10(16)4-6-11/h3-9,19H,2H2,1H3. The van der Waals surface area contributed by atoms with E-state index in [0.717, 1.165) is 8.78 Å². The van der Waals surface area contributed by atoms with Crippen molar-refractivity contribution in [2.75, 3.05) is 15.7 Å². The molecule has 0 unspecified atom stereocenters. The molecule has 0 atom stereocenters. The van der Waals surface area contributed by atoms with Crippen LogP contribution in [0.3, 0.4) is 0 Å². The molecule has 0 spiro atoms. The van der Waals surface area contributed by atoms with Crippen LogP contribution in [0.5, 0.6) is 5.75 Å². The fraction of sp³-hybridized carbons (Fsp3) is 0.133. The van der Waals surface area contributed by atoms with E-state index in [1.807, 2.05) is 0 Å². The molecule has 0 saturated heterocycles. The number of urea groups is 1. The third-order valence-electron chi connectivity index (χ3n) is 3.53. The molecular weight excluding hydrogens is 384 g/mol. The molecule has 1 N–H and O–H groups in total. The summed E-state index contributed by atoms with van der Waals surface area (Å²) in [6.07, 6.45) is 0. The van der Waals surface area contributed by atoms with E-state index in [1.54, 1.807) is 31.2 Å². The average molecular weight is 397 g/mol. The number of hydrogen-bond acceptors (Lipinski definition) is 4. The summed E-state index contributed by atoms with van der Waals surface area (Å²) in [5.41, 5.74) is 0.446. The topological polar surface area (TPSA) is 77.9 Å². The van der Waals surface area contributed by atoms with Gasteiger partial charge >= 0.3 is 6.03 Å². The van der Waals surface area contributed by atoms with Gasteiger partial charge in [0.15, 0.2) is 0 Å². The summed E-state index contributed by atoms with van der Waals surface area (Å²) in [6.45, 7) is 2.02. The van der Waals surface area contributed by atoms with Gasteiger partial charge in [-0.1, -0.05) is 15.9 Å². The van der Waals surface area contributed by atoms with Crippen molar-refractivity contribution in [1.82, 2.24) is 0 Å². The summed E-state index contributed by atoms with van der Waals surface area (Å²) in [6, 6.07) is 9.65. The Morgan fingerprint density at radius 3 is 2.39 bits per heavy atom. The highest BCUT2D eigenvalue weighted by Gasteiger charge is 2.42. The molecule has 0 bridgehead atoms. The molecular formula is C15H13BrN2O4S.